The second kappa shape index (κ2) is 6.71. The molecule has 170 valence electrons. The summed E-state index contributed by atoms with van der Waals surface area (Å²) in [6.45, 7) is 6.55. The van der Waals surface area contributed by atoms with Gasteiger partial charge in [0.05, 0.1) is 11.7 Å². The third-order valence-corrected chi connectivity index (χ3v) is 9.49. The first-order chi connectivity index (χ1) is 16.1. The van der Waals surface area contributed by atoms with Crippen LogP contribution in [0.15, 0.2) is 61.2 Å². The molecule has 4 unspecified atom stereocenters. The average molecular weight is 443 g/mol. The number of aromatic hydroxyl groups is 1. The molecule has 3 aliphatic heterocycles. The Morgan fingerprint density at radius 1 is 1.21 bits per heavy atom. The summed E-state index contributed by atoms with van der Waals surface area (Å²) in [5.74, 6) is 0.725. The predicted molar refractivity (Wildman–Crippen MR) is 125 cm³/mol. The summed E-state index contributed by atoms with van der Waals surface area (Å²) in [6, 6.07) is 16.1. The highest BCUT2D eigenvalue weighted by Crippen LogP contribution is 2.69. The van der Waals surface area contributed by atoms with Crippen molar-refractivity contribution in [2.24, 2.45) is 5.92 Å². The lowest BCUT2D eigenvalue weighted by Gasteiger charge is -2.64. The summed E-state index contributed by atoms with van der Waals surface area (Å²) in [5.41, 5.74) is 2.97. The van der Waals surface area contributed by atoms with Crippen molar-refractivity contribution in [1.29, 1.82) is 0 Å². The van der Waals surface area contributed by atoms with Crippen LogP contribution in [0.25, 0.3) is 0 Å². The highest BCUT2D eigenvalue weighted by molar-refractivity contribution is 5.94. The van der Waals surface area contributed by atoms with Gasteiger partial charge in [0.15, 0.2) is 0 Å². The van der Waals surface area contributed by atoms with Crippen LogP contribution in [0.3, 0.4) is 0 Å². The lowest BCUT2D eigenvalue weighted by Crippen LogP contribution is -2.74. The van der Waals surface area contributed by atoms with Gasteiger partial charge >= 0.3 is 0 Å². The highest BCUT2D eigenvalue weighted by atomic mass is 16.5. The molecular formula is C28H30N2O3. The van der Waals surface area contributed by atoms with Crippen LogP contribution in [-0.4, -0.2) is 64.2 Å². The Labute approximate surface area is 194 Å². The molecule has 1 amide bonds. The van der Waals surface area contributed by atoms with Crippen LogP contribution in [-0.2, 0) is 16.6 Å². The molecule has 3 heterocycles. The number of fused-ring (bicyclic) bond motifs is 1. The molecule has 5 nitrogen and oxygen atoms in total. The molecule has 2 aliphatic carbocycles. The Kier molecular flexibility index (Phi) is 4.02. The van der Waals surface area contributed by atoms with Gasteiger partial charge in [0.1, 0.15) is 5.75 Å². The largest absolute Gasteiger partial charge is 0.508 e. The minimum atomic E-state index is -0.247. The molecule has 0 aromatic heterocycles. The fourth-order valence-electron chi connectivity index (χ4n) is 8.54. The summed E-state index contributed by atoms with van der Waals surface area (Å²) in [5, 5.41) is 10.5. The van der Waals surface area contributed by atoms with E-state index in [9.17, 15) is 9.90 Å². The van der Waals surface area contributed by atoms with Crippen molar-refractivity contribution in [3.05, 3.63) is 77.9 Å². The van der Waals surface area contributed by atoms with E-state index in [1.807, 2.05) is 48.5 Å². The molecule has 5 heteroatoms. The monoisotopic (exact) mass is 442 g/mol. The molecule has 1 N–H and O–H groups in total. The number of phenolic OH excluding ortho intramolecular Hbond substituents is 1. The van der Waals surface area contributed by atoms with Crippen LogP contribution in [0.4, 0.5) is 0 Å². The van der Waals surface area contributed by atoms with E-state index >= 15 is 0 Å². The number of amides is 1. The van der Waals surface area contributed by atoms with Crippen LogP contribution in [0.2, 0.25) is 0 Å². The average Bonchev–Trinajstić information content (AvgIpc) is 3.28. The van der Waals surface area contributed by atoms with Crippen LogP contribution in [0, 0.1) is 5.92 Å². The van der Waals surface area contributed by atoms with E-state index in [0.717, 1.165) is 44.3 Å². The molecule has 5 aliphatic rings. The van der Waals surface area contributed by atoms with E-state index < -0.39 is 0 Å². The summed E-state index contributed by atoms with van der Waals surface area (Å²) < 4.78 is 7.16. The minimum absolute atomic E-state index is 0.0460. The number of likely N-dealkylation sites (tertiary alicyclic amines) is 2. The minimum Gasteiger partial charge on any atom is -0.508 e. The number of phenols is 1. The number of hydrogen-bond acceptors (Lipinski definition) is 4. The SMILES string of the molecule is C=CCN1CCC23c4cc(O)ccc4CC1C21CC[C@@H]2C3[C@@H](CN2C(=O)c2ccccc2)O1. The Balaban J connectivity index is 1.37. The van der Waals surface area contributed by atoms with Crippen LogP contribution >= 0.6 is 0 Å². The van der Waals surface area contributed by atoms with Crippen molar-refractivity contribution >= 4 is 5.91 Å². The van der Waals surface area contributed by atoms with Gasteiger partial charge in [-0.25, -0.2) is 0 Å². The lowest BCUT2D eigenvalue weighted by molar-refractivity contribution is -0.168. The summed E-state index contributed by atoms with van der Waals surface area (Å²) in [4.78, 5) is 18.2. The van der Waals surface area contributed by atoms with E-state index in [0.29, 0.717) is 18.3 Å². The van der Waals surface area contributed by atoms with Crippen molar-refractivity contribution in [3.63, 3.8) is 0 Å². The highest BCUT2D eigenvalue weighted by Gasteiger charge is 2.78. The molecular weight excluding hydrogens is 412 g/mol. The van der Waals surface area contributed by atoms with Gasteiger partial charge in [-0.3, -0.25) is 9.69 Å². The number of benzene rings is 2. The molecule has 0 spiro atoms. The lowest BCUT2D eigenvalue weighted by atomic mass is 9.46. The van der Waals surface area contributed by atoms with Crippen molar-refractivity contribution in [2.75, 3.05) is 19.6 Å². The standard InChI is InChI=1S/C28H30N2O3/c1-2-13-29-14-12-27-21-16-20(31)9-8-19(21)15-24(29)28(27)11-10-22-25(27)23(33-28)17-30(22)26(32)18-6-4-3-5-7-18/h2-9,16,22-25,31H,1,10-15,17H2/t22-,23-,24?,25?,27?,28?/m1/s1. The van der Waals surface area contributed by atoms with Crippen molar-refractivity contribution in [2.45, 2.75) is 54.9 Å². The third kappa shape index (κ3) is 2.32. The van der Waals surface area contributed by atoms with Crippen molar-refractivity contribution < 1.29 is 14.6 Å². The number of rotatable bonds is 3. The number of nitrogens with zero attached hydrogens (tertiary/aromatic N) is 2. The van der Waals surface area contributed by atoms with Gasteiger partial charge in [0.25, 0.3) is 5.91 Å². The second-order valence-corrected chi connectivity index (χ2v) is 10.6. The summed E-state index contributed by atoms with van der Waals surface area (Å²) in [7, 11) is 0. The van der Waals surface area contributed by atoms with E-state index in [4.69, 9.17) is 4.74 Å². The zero-order chi connectivity index (χ0) is 22.4. The van der Waals surface area contributed by atoms with Gasteiger partial charge in [-0.1, -0.05) is 30.3 Å². The van der Waals surface area contributed by atoms with Crippen LogP contribution in [0.5, 0.6) is 5.75 Å². The van der Waals surface area contributed by atoms with Crippen molar-refractivity contribution in [3.8, 4) is 5.75 Å². The number of ether oxygens (including phenoxy) is 1. The molecule has 6 atom stereocenters. The van der Waals surface area contributed by atoms with Gasteiger partial charge in [-0.2, -0.15) is 0 Å². The van der Waals surface area contributed by atoms with Gasteiger partial charge in [0, 0.05) is 42.1 Å². The maximum absolute atomic E-state index is 13.5. The third-order valence-electron chi connectivity index (χ3n) is 9.49. The second-order valence-electron chi connectivity index (χ2n) is 10.6. The van der Waals surface area contributed by atoms with E-state index in [-0.39, 0.29) is 35.0 Å². The molecule has 3 saturated heterocycles. The van der Waals surface area contributed by atoms with Gasteiger partial charge in [0.2, 0.25) is 0 Å². The van der Waals surface area contributed by atoms with E-state index in [2.05, 4.69) is 22.4 Å². The topological polar surface area (TPSA) is 53.0 Å². The van der Waals surface area contributed by atoms with Gasteiger partial charge in [-0.15, -0.1) is 6.58 Å². The molecule has 7 rings (SSSR count). The quantitative estimate of drug-likeness (QED) is 0.739. The first-order valence-electron chi connectivity index (χ1n) is 12.3. The number of piperidine rings is 1. The first kappa shape index (κ1) is 19.8. The maximum atomic E-state index is 13.5. The first-order valence-corrected chi connectivity index (χ1v) is 12.3. The van der Waals surface area contributed by atoms with Gasteiger partial charge < -0.3 is 14.7 Å². The smallest absolute Gasteiger partial charge is 0.254 e. The van der Waals surface area contributed by atoms with Gasteiger partial charge in [-0.05, 0) is 67.6 Å². The maximum Gasteiger partial charge on any atom is 0.254 e. The normalized spacial score (nSPS) is 38.0. The Bertz CT molecular complexity index is 1150. The molecule has 1 saturated carbocycles. The zero-order valence-electron chi connectivity index (χ0n) is 18.8. The summed E-state index contributed by atoms with van der Waals surface area (Å²) in [6.07, 6.45) is 5.94. The molecule has 2 aromatic rings. The summed E-state index contributed by atoms with van der Waals surface area (Å²) >= 11 is 0. The number of carbonyl (C=O) groups is 1. The fourth-order valence-corrected chi connectivity index (χ4v) is 8.54. The van der Waals surface area contributed by atoms with E-state index in [1.165, 1.54) is 11.1 Å². The predicted octanol–water partition coefficient (Wildman–Crippen LogP) is 3.52. The zero-order valence-corrected chi connectivity index (χ0v) is 18.8. The molecule has 0 radical (unpaired) electrons. The molecule has 33 heavy (non-hydrogen) atoms. The number of carbonyl (C=O) groups excluding carboxylic acids is 1. The van der Waals surface area contributed by atoms with Crippen molar-refractivity contribution in [1.82, 2.24) is 9.80 Å². The van der Waals surface area contributed by atoms with E-state index in [1.54, 1.807) is 0 Å². The fraction of sp³-hybridized carbons (Fsp3) is 0.464. The Morgan fingerprint density at radius 3 is 2.88 bits per heavy atom. The molecule has 4 fully saturated rings. The molecule has 2 aromatic carbocycles. The molecule has 4 bridgehead atoms. The van der Waals surface area contributed by atoms with Crippen LogP contribution in [0.1, 0.15) is 40.7 Å². The Hall–Kier alpha value is -2.63. The number of hydrogen-bond donors (Lipinski definition) is 1. The van der Waals surface area contributed by atoms with Crippen LogP contribution < -0.4 is 0 Å². The Morgan fingerprint density at radius 2 is 2.06 bits per heavy atom.